The molecule has 0 aliphatic rings. The largest absolute Gasteiger partial charge is 0.444 e. The summed E-state index contributed by atoms with van der Waals surface area (Å²) in [5.74, 6) is 0.488. The minimum absolute atomic E-state index is 0.488. The number of carbonyl (C=O) groups is 1. The van der Waals surface area contributed by atoms with Gasteiger partial charge < -0.3 is 9.15 Å². The number of pyridine rings is 1. The highest BCUT2D eigenvalue weighted by Gasteiger charge is 2.17. The minimum atomic E-state index is -0.552. The van der Waals surface area contributed by atoms with Gasteiger partial charge in [-0.3, -0.25) is 5.32 Å². The summed E-state index contributed by atoms with van der Waals surface area (Å²) < 4.78 is 11.7. The van der Waals surface area contributed by atoms with Gasteiger partial charge in [0.25, 0.3) is 0 Å². The number of nitrogens with one attached hydrogen (secondary N) is 1. The first-order valence-corrected chi connectivity index (χ1v) is 8.12. The summed E-state index contributed by atoms with van der Waals surface area (Å²) in [5.41, 5.74) is 2.13. The highest BCUT2D eigenvalue weighted by Crippen LogP contribution is 2.27. The molecule has 124 valence electrons. The molecule has 0 saturated carbocycles. The number of aromatic nitrogens is 2. The lowest BCUT2D eigenvalue weighted by molar-refractivity contribution is 0.0636. The maximum absolute atomic E-state index is 11.8. The van der Waals surface area contributed by atoms with Gasteiger partial charge in [0, 0.05) is 17.4 Å². The summed E-state index contributed by atoms with van der Waals surface area (Å²) in [6.07, 6.45) is 1.16. The zero-order chi connectivity index (χ0) is 17.3. The molecule has 6 nitrogen and oxygen atoms in total. The molecule has 1 amide bonds. The molecular weight excluding hydrogens is 374 g/mol. The van der Waals surface area contributed by atoms with Crippen LogP contribution in [-0.4, -0.2) is 21.7 Å². The Morgan fingerprint density at radius 1 is 1.25 bits per heavy atom. The van der Waals surface area contributed by atoms with E-state index < -0.39 is 11.7 Å². The topological polar surface area (TPSA) is 77.2 Å². The first kappa shape index (κ1) is 16.4. The van der Waals surface area contributed by atoms with Gasteiger partial charge in [-0.25, -0.2) is 14.8 Å². The molecule has 2 heterocycles. The Kier molecular flexibility index (Phi) is 4.28. The van der Waals surface area contributed by atoms with Crippen molar-refractivity contribution in [1.82, 2.24) is 9.97 Å². The Morgan fingerprint density at radius 3 is 2.75 bits per heavy atom. The summed E-state index contributed by atoms with van der Waals surface area (Å²) in [6, 6.07) is 8.88. The number of fused-ring (bicyclic) bond motifs is 1. The lowest BCUT2D eigenvalue weighted by Gasteiger charge is -2.19. The van der Waals surface area contributed by atoms with Gasteiger partial charge in [0.1, 0.15) is 15.7 Å². The standard InChI is InChI=1S/C17H16BrN3O3/c1-17(2,3)24-16(22)20-11-4-5-13-12(9-11)21-15(23-13)10-6-7-19-14(18)8-10/h4-9H,1-3H3,(H,20,22). The van der Waals surface area contributed by atoms with Crippen LogP contribution in [0.5, 0.6) is 0 Å². The third-order valence-corrected chi connectivity index (χ3v) is 3.44. The SMILES string of the molecule is CC(C)(C)OC(=O)Nc1ccc2oc(-c3ccnc(Br)c3)nc2c1. The Hall–Kier alpha value is -2.41. The molecule has 2 aromatic heterocycles. The summed E-state index contributed by atoms with van der Waals surface area (Å²) in [7, 11) is 0. The minimum Gasteiger partial charge on any atom is -0.444 e. The summed E-state index contributed by atoms with van der Waals surface area (Å²) in [5, 5.41) is 2.69. The molecule has 0 aliphatic carbocycles. The van der Waals surface area contributed by atoms with E-state index >= 15 is 0 Å². The van der Waals surface area contributed by atoms with Crippen molar-refractivity contribution in [3.05, 3.63) is 41.1 Å². The van der Waals surface area contributed by atoms with Gasteiger partial charge in [0.2, 0.25) is 5.89 Å². The van der Waals surface area contributed by atoms with Crippen molar-refractivity contribution in [2.75, 3.05) is 5.32 Å². The predicted octanol–water partition coefficient (Wildman–Crippen LogP) is 5.00. The smallest absolute Gasteiger partial charge is 0.412 e. The van der Waals surface area contributed by atoms with E-state index in [-0.39, 0.29) is 0 Å². The molecule has 0 saturated heterocycles. The van der Waals surface area contributed by atoms with Crippen LogP contribution in [0.15, 0.2) is 45.5 Å². The van der Waals surface area contributed by atoms with Gasteiger partial charge >= 0.3 is 6.09 Å². The van der Waals surface area contributed by atoms with Crippen LogP contribution >= 0.6 is 15.9 Å². The van der Waals surface area contributed by atoms with Crippen LogP contribution in [0.2, 0.25) is 0 Å². The van der Waals surface area contributed by atoms with Crippen LogP contribution in [0.4, 0.5) is 10.5 Å². The van der Waals surface area contributed by atoms with Crippen molar-refractivity contribution in [1.29, 1.82) is 0 Å². The van der Waals surface area contributed by atoms with Gasteiger partial charge in [0.05, 0.1) is 0 Å². The number of hydrogen-bond acceptors (Lipinski definition) is 5. The highest BCUT2D eigenvalue weighted by molar-refractivity contribution is 9.10. The van der Waals surface area contributed by atoms with Crippen molar-refractivity contribution in [3.63, 3.8) is 0 Å². The molecule has 1 aromatic carbocycles. The first-order valence-electron chi connectivity index (χ1n) is 7.33. The van der Waals surface area contributed by atoms with Gasteiger partial charge in [-0.15, -0.1) is 0 Å². The first-order chi connectivity index (χ1) is 11.3. The molecule has 0 atom stereocenters. The Morgan fingerprint density at radius 2 is 2.04 bits per heavy atom. The Bertz CT molecular complexity index is 899. The number of rotatable bonds is 2. The molecule has 24 heavy (non-hydrogen) atoms. The fraction of sp³-hybridized carbons (Fsp3) is 0.235. The average molecular weight is 390 g/mol. The average Bonchev–Trinajstić information content (AvgIpc) is 2.88. The van der Waals surface area contributed by atoms with Crippen molar-refractivity contribution >= 4 is 38.8 Å². The summed E-state index contributed by atoms with van der Waals surface area (Å²) >= 11 is 3.32. The van der Waals surface area contributed by atoms with Gasteiger partial charge in [-0.1, -0.05) is 0 Å². The zero-order valence-electron chi connectivity index (χ0n) is 13.5. The van der Waals surface area contributed by atoms with Crippen LogP contribution in [-0.2, 0) is 4.74 Å². The van der Waals surface area contributed by atoms with E-state index in [1.165, 1.54) is 0 Å². The number of amides is 1. The third kappa shape index (κ3) is 3.91. The highest BCUT2D eigenvalue weighted by atomic mass is 79.9. The monoisotopic (exact) mass is 389 g/mol. The Balaban J connectivity index is 1.85. The van der Waals surface area contributed by atoms with Gasteiger partial charge in [-0.2, -0.15) is 0 Å². The number of ether oxygens (including phenoxy) is 1. The number of benzene rings is 1. The number of oxazole rings is 1. The lowest BCUT2D eigenvalue weighted by atomic mass is 10.2. The van der Waals surface area contributed by atoms with Crippen LogP contribution in [0.1, 0.15) is 20.8 Å². The van der Waals surface area contributed by atoms with Gasteiger partial charge in [-0.05, 0) is 67.0 Å². The zero-order valence-corrected chi connectivity index (χ0v) is 15.0. The molecule has 3 rings (SSSR count). The van der Waals surface area contributed by atoms with Crippen LogP contribution in [0.25, 0.3) is 22.6 Å². The maximum Gasteiger partial charge on any atom is 0.412 e. The van der Waals surface area contributed by atoms with E-state index in [1.54, 1.807) is 24.4 Å². The second-order valence-corrected chi connectivity index (χ2v) is 7.01. The van der Waals surface area contributed by atoms with Crippen molar-refractivity contribution < 1.29 is 13.9 Å². The number of carbonyl (C=O) groups excluding carboxylic acids is 1. The molecule has 0 aliphatic heterocycles. The van der Waals surface area contributed by atoms with Crippen molar-refractivity contribution in [2.45, 2.75) is 26.4 Å². The molecule has 1 N–H and O–H groups in total. The fourth-order valence-electron chi connectivity index (χ4n) is 2.09. The van der Waals surface area contributed by atoms with E-state index in [2.05, 4.69) is 31.2 Å². The maximum atomic E-state index is 11.8. The van der Waals surface area contributed by atoms with E-state index in [9.17, 15) is 4.79 Å². The van der Waals surface area contributed by atoms with E-state index in [0.717, 1.165) is 5.56 Å². The van der Waals surface area contributed by atoms with Crippen molar-refractivity contribution in [2.24, 2.45) is 0 Å². The third-order valence-electron chi connectivity index (χ3n) is 3.01. The summed E-state index contributed by atoms with van der Waals surface area (Å²) in [4.78, 5) is 20.4. The lowest BCUT2D eigenvalue weighted by Crippen LogP contribution is -2.27. The molecule has 0 spiro atoms. The predicted molar refractivity (Wildman–Crippen MR) is 94.8 cm³/mol. The molecular formula is C17H16BrN3O3. The fourth-order valence-corrected chi connectivity index (χ4v) is 2.45. The van der Waals surface area contributed by atoms with Crippen LogP contribution in [0, 0.1) is 0 Å². The molecule has 0 unspecified atom stereocenters. The second-order valence-electron chi connectivity index (χ2n) is 6.20. The molecule has 7 heteroatoms. The van der Waals surface area contributed by atoms with E-state index in [4.69, 9.17) is 9.15 Å². The molecule has 0 fully saturated rings. The number of halogens is 1. The van der Waals surface area contributed by atoms with Crippen LogP contribution < -0.4 is 5.32 Å². The van der Waals surface area contributed by atoms with E-state index in [0.29, 0.717) is 27.3 Å². The number of nitrogens with zero attached hydrogens (tertiary/aromatic N) is 2. The molecule has 0 bridgehead atoms. The van der Waals surface area contributed by atoms with Crippen molar-refractivity contribution in [3.8, 4) is 11.5 Å². The van der Waals surface area contributed by atoms with Crippen LogP contribution in [0.3, 0.4) is 0 Å². The quantitative estimate of drug-likeness (QED) is 0.623. The van der Waals surface area contributed by atoms with E-state index in [1.807, 2.05) is 32.9 Å². The number of hydrogen-bond donors (Lipinski definition) is 1. The molecule has 3 aromatic rings. The summed E-state index contributed by atoms with van der Waals surface area (Å²) in [6.45, 7) is 5.44. The Labute approximate surface area is 147 Å². The number of anilines is 1. The molecule has 0 radical (unpaired) electrons. The van der Waals surface area contributed by atoms with Gasteiger partial charge in [0.15, 0.2) is 5.58 Å². The normalized spacial score (nSPS) is 11.5. The second kappa shape index (κ2) is 6.24.